The molecule has 5 rings (SSSR count). The molecular weight excluding hydrogens is 717 g/mol. The van der Waals surface area contributed by atoms with E-state index < -0.39 is 99.8 Å². The summed E-state index contributed by atoms with van der Waals surface area (Å²) in [6.07, 6.45) is 2.81. The smallest absolute Gasteiger partial charge is 0.534 e. The molecule has 0 saturated carbocycles. The molecule has 21 heteroatoms. The van der Waals surface area contributed by atoms with Gasteiger partial charge in [0.15, 0.2) is 17.3 Å². The van der Waals surface area contributed by atoms with Crippen LogP contribution in [0.1, 0.15) is 44.3 Å². The molecule has 0 unspecified atom stereocenters. The molecule has 1 aromatic heterocycles. The van der Waals surface area contributed by atoms with Gasteiger partial charge in [0.25, 0.3) is 5.91 Å². The molecule has 1 saturated heterocycles. The summed E-state index contributed by atoms with van der Waals surface area (Å²) in [6.45, 7) is -0.308. The minimum atomic E-state index is -2.05. The quantitative estimate of drug-likeness (QED) is 0.0650. The molecule has 1 fully saturated rings. The van der Waals surface area contributed by atoms with E-state index in [0.29, 0.717) is 16.5 Å². The fourth-order valence-corrected chi connectivity index (χ4v) is 5.75. The minimum Gasteiger partial charge on any atom is -0.534 e. The molecule has 0 bridgehead atoms. The summed E-state index contributed by atoms with van der Waals surface area (Å²) in [5.74, 6) is -12.6. The summed E-state index contributed by atoms with van der Waals surface area (Å²) < 4.78 is 34.0. The van der Waals surface area contributed by atoms with Crippen LogP contribution >= 0.6 is 11.6 Å². The number of carbonyl (C=O) groups is 6. The number of nitrogens with zero attached hydrogens (tertiary/aromatic N) is 3. The molecule has 6 amide bonds. The second kappa shape index (κ2) is 15.5. The van der Waals surface area contributed by atoms with E-state index in [9.17, 15) is 57.9 Å². The van der Waals surface area contributed by atoms with E-state index >= 15 is 0 Å². The minimum absolute atomic E-state index is 0.0373. The van der Waals surface area contributed by atoms with Crippen molar-refractivity contribution in [2.24, 2.45) is 0 Å². The fraction of sp³-hybridized carbons (Fsp3) is 0.258. The van der Waals surface area contributed by atoms with Crippen molar-refractivity contribution in [3.8, 4) is 17.2 Å². The number of halogens is 3. The Balaban J connectivity index is 1.29. The van der Waals surface area contributed by atoms with E-state index in [1.54, 1.807) is 12.1 Å². The third kappa shape index (κ3) is 7.66. The first-order valence-electron chi connectivity index (χ1n) is 15.4. The van der Waals surface area contributed by atoms with Gasteiger partial charge in [-0.2, -0.15) is 0 Å². The van der Waals surface area contributed by atoms with E-state index in [4.69, 9.17) is 16.3 Å². The van der Waals surface area contributed by atoms with Crippen molar-refractivity contribution in [1.82, 2.24) is 30.7 Å². The molecule has 3 aromatic rings. The summed E-state index contributed by atoms with van der Waals surface area (Å²) in [5.41, 5.74) is -1.08. The number of carbonyl (C=O) groups excluding carboxylic acids is 5. The van der Waals surface area contributed by atoms with E-state index in [2.05, 4.69) is 20.9 Å². The number of carboxylic acid groups (broad SMARTS) is 1. The van der Waals surface area contributed by atoms with Crippen molar-refractivity contribution in [3.63, 3.8) is 0 Å². The molecule has 7 N–H and O–H groups in total. The topological polar surface area (TPSA) is 248 Å². The molecule has 17 nitrogen and oxygen atoms in total. The number of phenolic OH excluding ortho intramolecular Hbond substituents is 2. The lowest BCUT2D eigenvalue weighted by atomic mass is 9.72. The number of amides is 6. The number of hydrogen-bond acceptors (Lipinski definition) is 11. The van der Waals surface area contributed by atoms with E-state index in [-0.39, 0.29) is 44.6 Å². The van der Waals surface area contributed by atoms with E-state index in [0.717, 1.165) is 17.0 Å². The van der Waals surface area contributed by atoms with Gasteiger partial charge in [-0.15, -0.1) is 0 Å². The largest absolute Gasteiger partial charge is 0.547 e. The number of piperazine rings is 1. The summed E-state index contributed by atoms with van der Waals surface area (Å²) in [5, 5.41) is 46.3. The highest BCUT2D eigenvalue weighted by atomic mass is 35.5. The molecule has 0 spiro atoms. The van der Waals surface area contributed by atoms with Gasteiger partial charge in [0.2, 0.25) is 5.91 Å². The number of fused-ring (bicyclic) bond motifs is 1. The van der Waals surface area contributed by atoms with Crippen LogP contribution in [0, 0.1) is 11.6 Å². The second-order valence-electron chi connectivity index (χ2n) is 11.5. The standard InChI is InChI=1S/C31H28BClF2N6O11/c33-21-16(12-18(35)23(42)24(21)43)22(27(45)38-19-11-14-4-5-17(34)20(30(48)49)25(14)52-32(19)51)39-31(50)41-10-9-40(28(46)29(41)47)8-2-7-37-26(44)15-3-1-6-36-13-15/h1,3-6,12-13,19,22,42-43,51H,2,7-11H2,(H,37,44)(H,38,45)(H,39,50)(H,48,49)/t19-,22+/m0/s1. The van der Waals surface area contributed by atoms with Gasteiger partial charge in [0, 0.05) is 44.1 Å². The number of pyridine rings is 1. The van der Waals surface area contributed by atoms with Crippen molar-refractivity contribution in [2.45, 2.75) is 24.8 Å². The van der Waals surface area contributed by atoms with Crippen LogP contribution in [0.25, 0.3) is 0 Å². The summed E-state index contributed by atoms with van der Waals surface area (Å²) >= 11 is 6.12. The predicted octanol–water partition coefficient (Wildman–Crippen LogP) is 0.504. The van der Waals surface area contributed by atoms with E-state index in [1.165, 1.54) is 12.4 Å². The van der Waals surface area contributed by atoms with Crippen LogP contribution in [-0.4, -0.2) is 110 Å². The maximum Gasteiger partial charge on any atom is 0.547 e. The average Bonchev–Trinajstić information content (AvgIpc) is 3.11. The number of imide groups is 1. The number of aromatic carboxylic acids is 1. The first kappa shape index (κ1) is 37.2. The van der Waals surface area contributed by atoms with Crippen LogP contribution in [0.3, 0.4) is 0 Å². The fourth-order valence-electron chi connectivity index (χ4n) is 5.50. The van der Waals surface area contributed by atoms with Crippen LogP contribution < -0.4 is 20.6 Å². The number of nitrogens with one attached hydrogen (secondary N) is 3. The number of aromatic hydroxyl groups is 2. The maximum atomic E-state index is 14.6. The molecule has 2 aliphatic rings. The zero-order valence-corrected chi connectivity index (χ0v) is 27.4. The molecule has 272 valence electrons. The molecule has 2 atom stereocenters. The first-order chi connectivity index (χ1) is 24.7. The van der Waals surface area contributed by atoms with Gasteiger partial charge in [-0.1, -0.05) is 17.7 Å². The Bertz CT molecular complexity index is 1960. The van der Waals surface area contributed by atoms with Gasteiger partial charge in [0.05, 0.1) is 16.5 Å². The Labute approximate surface area is 297 Å². The maximum absolute atomic E-state index is 14.6. The summed E-state index contributed by atoms with van der Waals surface area (Å²) in [6, 6.07) is 2.29. The van der Waals surface area contributed by atoms with Crippen LogP contribution in [-0.2, 0) is 20.8 Å². The predicted molar refractivity (Wildman–Crippen MR) is 173 cm³/mol. The molecule has 52 heavy (non-hydrogen) atoms. The molecule has 2 aliphatic heterocycles. The van der Waals surface area contributed by atoms with Gasteiger partial charge in [0.1, 0.15) is 23.2 Å². The number of benzene rings is 2. The second-order valence-corrected chi connectivity index (χ2v) is 11.9. The SMILES string of the molecule is O=C(NCCCN1CCN(C(=O)N[C@@H](C(=O)N[C@H]2Cc3ccc(F)c(C(=O)O)c3OB2O)c2cc(F)c(O)c(O)c2Cl)C(=O)C1=O)c1cccnc1. The van der Waals surface area contributed by atoms with Gasteiger partial charge in [-0.05, 0) is 42.7 Å². The molecule has 2 aromatic carbocycles. The summed E-state index contributed by atoms with van der Waals surface area (Å²) in [7, 11) is -1.97. The van der Waals surface area contributed by atoms with Crippen molar-refractivity contribution in [2.75, 3.05) is 26.2 Å². The van der Waals surface area contributed by atoms with Crippen LogP contribution in [0.15, 0.2) is 42.7 Å². The lowest BCUT2D eigenvalue weighted by Gasteiger charge is -2.34. The van der Waals surface area contributed by atoms with Crippen LogP contribution in [0.4, 0.5) is 13.6 Å². The van der Waals surface area contributed by atoms with E-state index in [1.807, 2.05) is 0 Å². The normalized spacial score (nSPS) is 16.1. The molecular formula is C31H28BClF2N6O11. The summed E-state index contributed by atoms with van der Waals surface area (Å²) in [4.78, 5) is 82.2. The Morgan fingerprint density at radius 2 is 1.83 bits per heavy atom. The van der Waals surface area contributed by atoms with Gasteiger partial charge in [-0.25, -0.2) is 18.4 Å². The van der Waals surface area contributed by atoms with Gasteiger partial charge >= 0.3 is 30.9 Å². The Kier molecular flexibility index (Phi) is 11.1. The lowest BCUT2D eigenvalue weighted by Crippen LogP contribution is -2.60. The Morgan fingerprint density at radius 1 is 1.08 bits per heavy atom. The number of phenols is 2. The molecule has 3 heterocycles. The molecule has 0 radical (unpaired) electrons. The monoisotopic (exact) mass is 744 g/mol. The third-order valence-electron chi connectivity index (χ3n) is 8.16. The lowest BCUT2D eigenvalue weighted by molar-refractivity contribution is -0.153. The zero-order valence-electron chi connectivity index (χ0n) is 26.6. The highest BCUT2D eigenvalue weighted by molar-refractivity contribution is 6.47. The van der Waals surface area contributed by atoms with Crippen molar-refractivity contribution < 1.29 is 62.5 Å². The molecule has 0 aliphatic carbocycles. The van der Waals surface area contributed by atoms with Crippen molar-refractivity contribution in [1.29, 1.82) is 0 Å². The number of hydrogen-bond donors (Lipinski definition) is 7. The highest BCUT2D eigenvalue weighted by Crippen LogP contribution is 2.40. The van der Waals surface area contributed by atoms with Crippen LogP contribution in [0.2, 0.25) is 5.02 Å². The van der Waals surface area contributed by atoms with Crippen molar-refractivity contribution in [3.05, 3.63) is 81.6 Å². The van der Waals surface area contributed by atoms with Crippen LogP contribution in [0.5, 0.6) is 17.2 Å². The Hall–Kier alpha value is -6.02. The Morgan fingerprint density at radius 3 is 2.52 bits per heavy atom. The third-order valence-corrected chi connectivity index (χ3v) is 8.55. The number of carboxylic acids is 1. The van der Waals surface area contributed by atoms with Crippen molar-refractivity contribution >= 4 is 54.3 Å². The average molecular weight is 745 g/mol. The van der Waals surface area contributed by atoms with Gasteiger partial charge in [-0.3, -0.25) is 29.1 Å². The number of urea groups is 1. The number of aromatic nitrogens is 1. The zero-order chi connectivity index (χ0) is 37.9. The number of rotatable bonds is 10. The first-order valence-corrected chi connectivity index (χ1v) is 15.8. The highest BCUT2D eigenvalue weighted by Gasteiger charge is 2.42. The van der Waals surface area contributed by atoms with Gasteiger partial charge < -0.3 is 45.8 Å².